The first-order valence-electron chi connectivity index (χ1n) is 7.98. The second kappa shape index (κ2) is 6.28. The quantitative estimate of drug-likeness (QED) is 0.335. The van der Waals surface area contributed by atoms with E-state index in [2.05, 4.69) is 4.98 Å². The molecule has 0 aliphatic carbocycles. The monoisotopic (exact) mass is 357 g/mol. The van der Waals surface area contributed by atoms with Gasteiger partial charge in [-0.05, 0) is 36.4 Å². The van der Waals surface area contributed by atoms with Gasteiger partial charge in [-0.3, -0.25) is 14.9 Å². The van der Waals surface area contributed by atoms with Crippen LogP contribution in [-0.2, 0) is 0 Å². The number of aromatic amines is 1. The summed E-state index contributed by atoms with van der Waals surface area (Å²) >= 11 is 0. The third-order valence-electron chi connectivity index (χ3n) is 4.20. The second-order valence-electron chi connectivity index (χ2n) is 5.86. The Morgan fingerprint density at radius 1 is 1.00 bits per heavy atom. The summed E-state index contributed by atoms with van der Waals surface area (Å²) in [5.41, 5.74) is 1.12. The summed E-state index contributed by atoms with van der Waals surface area (Å²) in [6.45, 7) is 0. The average molecular weight is 357 g/mol. The topological polar surface area (TPSA) is 109 Å². The van der Waals surface area contributed by atoms with Gasteiger partial charge in [0.2, 0.25) is 0 Å². The summed E-state index contributed by atoms with van der Waals surface area (Å²) in [4.78, 5) is 26.2. The minimum Gasteiger partial charge on any atom is -0.456 e. The number of benzene rings is 3. The average Bonchev–Trinajstić information content (AvgIpc) is 2.69. The Balaban J connectivity index is 1.80. The summed E-state index contributed by atoms with van der Waals surface area (Å²) in [5.74, 6) is 0.535. The van der Waals surface area contributed by atoms with E-state index in [0.717, 1.165) is 11.6 Å². The highest BCUT2D eigenvalue weighted by molar-refractivity contribution is 5.92. The predicted molar refractivity (Wildman–Crippen MR) is 100.0 cm³/mol. The van der Waals surface area contributed by atoms with Crippen molar-refractivity contribution in [1.29, 1.82) is 5.26 Å². The van der Waals surface area contributed by atoms with Gasteiger partial charge in [0.25, 0.3) is 5.69 Å². The lowest BCUT2D eigenvalue weighted by atomic mass is 10.1. The van der Waals surface area contributed by atoms with E-state index in [1.165, 1.54) is 12.1 Å². The SMILES string of the molecule is N#Cc1cc([N+](=O)[O-])ccc1Oc1ccc2[nH]c3ccccc3c(=O)c2c1. The summed E-state index contributed by atoms with van der Waals surface area (Å²) in [6, 6.07) is 17.8. The van der Waals surface area contributed by atoms with E-state index < -0.39 is 4.92 Å². The maximum absolute atomic E-state index is 12.7. The van der Waals surface area contributed by atoms with Gasteiger partial charge in [-0.15, -0.1) is 0 Å². The van der Waals surface area contributed by atoms with Gasteiger partial charge in [-0.25, -0.2) is 0 Å². The molecule has 0 unspecified atom stereocenters. The Labute approximate surface area is 152 Å². The number of nitro groups is 1. The smallest absolute Gasteiger partial charge is 0.271 e. The number of aromatic nitrogens is 1. The second-order valence-corrected chi connectivity index (χ2v) is 5.86. The van der Waals surface area contributed by atoms with Crippen LogP contribution in [0.3, 0.4) is 0 Å². The largest absolute Gasteiger partial charge is 0.456 e. The van der Waals surface area contributed by atoms with Gasteiger partial charge in [0.15, 0.2) is 5.43 Å². The van der Waals surface area contributed by atoms with Crippen LogP contribution in [0.5, 0.6) is 11.5 Å². The zero-order valence-electron chi connectivity index (χ0n) is 13.8. The number of rotatable bonds is 3. The van der Waals surface area contributed by atoms with Crippen molar-refractivity contribution >= 4 is 27.5 Å². The number of pyridine rings is 1. The van der Waals surface area contributed by atoms with Crippen molar-refractivity contribution < 1.29 is 9.66 Å². The van der Waals surface area contributed by atoms with Crippen LogP contribution >= 0.6 is 0 Å². The van der Waals surface area contributed by atoms with E-state index >= 15 is 0 Å². The molecular formula is C20H11N3O4. The minimum atomic E-state index is -0.578. The number of nitriles is 1. The van der Waals surface area contributed by atoms with Gasteiger partial charge >= 0.3 is 0 Å². The van der Waals surface area contributed by atoms with E-state index in [4.69, 9.17) is 4.74 Å². The van der Waals surface area contributed by atoms with E-state index in [0.29, 0.717) is 22.0 Å². The molecule has 0 saturated carbocycles. The van der Waals surface area contributed by atoms with Crippen LogP contribution in [0.2, 0.25) is 0 Å². The van der Waals surface area contributed by atoms with Crippen molar-refractivity contribution in [3.8, 4) is 17.6 Å². The third kappa shape index (κ3) is 2.85. The number of hydrogen-bond acceptors (Lipinski definition) is 5. The van der Waals surface area contributed by atoms with Gasteiger partial charge in [0.1, 0.15) is 23.1 Å². The molecule has 7 nitrogen and oxygen atoms in total. The molecule has 0 aliphatic heterocycles. The first-order valence-corrected chi connectivity index (χ1v) is 7.98. The maximum atomic E-state index is 12.7. The van der Waals surface area contributed by atoms with Crippen LogP contribution in [0.25, 0.3) is 21.8 Å². The van der Waals surface area contributed by atoms with Gasteiger partial charge in [-0.1, -0.05) is 12.1 Å². The number of non-ortho nitro benzene ring substituents is 1. The molecule has 27 heavy (non-hydrogen) atoms. The number of para-hydroxylation sites is 1. The Hall–Kier alpha value is -4.18. The summed E-state index contributed by atoms with van der Waals surface area (Å²) in [5, 5.41) is 21.1. The lowest BCUT2D eigenvalue weighted by Gasteiger charge is -2.09. The van der Waals surface area contributed by atoms with Crippen LogP contribution in [0.15, 0.2) is 65.5 Å². The van der Waals surface area contributed by atoms with Crippen molar-refractivity contribution in [3.05, 3.63) is 86.6 Å². The maximum Gasteiger partial charge on any atom is 0.271 e. The van der Waals surface area contributed by atoms with E-state index in [-0.39, 0.29) is 22.4 Å². The zero-order chi connectivity index (χ0) is 19.0. The van der Waals surface area contributed by atoms with Crippen LogP contribution in [0.4, 0.5) is 5.69 Å². The van der Waals surface area contributed by atoms with Crippen LogP contribution < -0.4 is 10.2 Å². The third-order valence-corrected chi connectivity index (χ3v) is 4.20. The van der Waals surface area contributed by atoms with E-state index in [1.807, 2.05) is 18.2 Å². The molecule has 0 aliphatic rings. The Morgan fingerprint density at radius 2 is 1.78 bits per heavy atom. The van der Waals surface area contributed by atoms with E-state index in [9.17, 15) is 20.2 Å². The fraction of sp³-hybridized carbons (Fsp3) is 0. The molecule has 1 aromatic heterocycles. The van der Waals surface area contributed by atoms with Crippen molar-refractivity contribution in [2.24, 2.45) is 0 Å². The molecule has 0 saturated heterocycles. The standard InChI is InChI=1S/C20H11N3O4/c21-11-12-9-13(23(25)26)5-8-19(12)27-14-6-7-18-16(10-14)20(24)15-3-1-2-4-17(15)22-18/h1-10H,(H,22,24). The molecule has 0 atom stereocenters. The van der Waals surface area contributed by atoms with Crippen LogP contribution in [0.1, 0.15) is 5.56 Å². The highest BCUT2D eigenvalue weighted by Gasteiger charge is 2.13. The normalized spacial score (nSPS) is 10.6. The summed E-state index contributed by atoms with van der Waals surface area (Å²) in [7, 11) is 0. The van der Waals surface area contributed by atoms with Crippen LogP contribution in [0, 0.1) is 21.4 Å². The molecule has 0 radical (unpaired) electrons. The molecule has 4 aromatic rings. The first kappa shape index (κ1) is 16.3. The van der Waals surface area contributed by atoms with Crippen molar-refractivity contribution in [2.45, 2.75) is 0 Å². The van der Waals surface area contributed by atoms with Gasteiger partial charge in [0, 0.05) is 28.4 Å². The fourth-order valence-electron chi connectivity index (χ4n) is 2.90. The van der Waals surface area contributed by atoms with Crippen molar-refractivity contribution in [1.82, 2.24) is 4.98 Å². The molecule has 4 rings (SSSR count). The highest BCUT2D eigenvalue weighted by Crippen LogP contribution is 2.29. The van der Waals surface area contributed by atoms with E-state index in [1.54, 1.807) is 30.3 Å². The number of H-pyrrole nitrogens is 1. The molecule has 130 valence electrons. The number of nitrogens with one attached hydrogen (secondary N) is 1. The molecular weight excluding hydrogens is 346 g/mol. The van der Waals surface area contributed by atoms with Gasteiger partial charge in [-0.2, -0.15) is 5.26 Å². The summed E-state index contributed by atoms with van der Waals surface area (Å²) in [6.07, 6.45) is 0. The Morgan fingerprint density at radius 3 is 2.56 bits per heavy atom. The highest BCUT2D eigenvalue weighted by atomic mass is 16.6. The molecule has 3 aromatic carbocycles. The molecule has 0 bridgehead atoms. The Kier molecular flexibility index (Phi) is 3.79. The summed E-state index contributed by atoms with van der Waals surface area (Å²) < 4.78 is 5.71. The first-order chi connectivity index (χ1) is 13.1. The number of nitrogens with zero attached hydrogens (tertiary/aromatic N) is 2. The minimum absolute atomic E-state index is 0.0386. The number of hydrogen-bond donors (Lipinski definition) is 1. The van der Waals surface area contributed by atoms with Gasteiger partial charge < -0.3 is 9.72 Å². The predicted octanol–water partition coefficient (Wildman–Crippen LogP) is 4.25. The molecule has 0 amide bonds. The van der Waals surface area contributed by atoms with Gasteiger partial charge in [0.05, 0.1) is 10.4 Å². The molecule has 0 fully saturated rings. The van der Waals surface area contributed by atoms with Crippen molar-refractivity contribution in [2.75, 3.05) is 0 Å². The van der Waals surface area contributed by atoms with Crippen molar-refractivity contribution in [3.63, 3.8) is 0 Å². The number of nitro benzene ring substituents is 1. The van der Waals surface area contributed by atoms with Crippen LogP contribution in [-0.4, -0.2) is 9.91 Å². The molecule has 0 spiro atoms. The molecule has 1 N–H and O–H groups in total. The number of ether oxygens (including phenoxy) is 1. The zero-order valence-corrected chi connectivity index (χ0v) is 13.8. The molecule has 1 heterocycles. The molecule has 7 heteroatoms. The fourth-order valence-corrected chi connectivity index (χ4v) is 2.90. The number of fused-ring (bicyclic) bond motifs is 2. The Bertz CT molecular complexity index is 1320. The lowest BCUT2D eigenvalue weighted by Crippen LogP contribution is -2.04. The lowest BCUT2D eigenvalue weighted by molar-refractivity contribution is -0.384.